The molecule has 0 saturated carbocycles. The molecule has 0 spiro atoms. The summed E-state index contributed by atoms with van der Waals surface area (Å²) >= 11 is 0. The Hall–Kier alpha value is -3.85. The Morgan fingerprint density at radius 3 is 2.12 bits per heavy atom. The van der Waals surface area contributed by atoms with Crippen LogP contribution in [0.3, 0.4) is 0 Å². The van der Waals surface area contributed by atoms with Gasteiger partial charge in [-0.25, -0.2) is 8.42 Å². The summed E-state index contributed by atoms with van der Waals surface area (Å²) in [5.74, 6) is 0.0493. The molecule has 0 radical (unpaired) electrons. The van der Waals surface area contributed by atoms with E-state index in [0.29, 0.717) is 31.0 Å². The second kappa shape index (κ2) is 14.7. The second-order valence-electron chi connectivity index (χ2n) is 10.4. The Kier molecular flexibility index (Phi) is 11.3. The number of benzene rings is 3. The Labute approximate surface area is 244 Å². The van der Waals surface area contributed by atoms with Crippen LogP contribution in [0.4, 0.5) is 5.69 Å². The molecule has 3 aromatic rings. The van der Waals surface area contributed by atoms with Gasteiger partial charge < -0.3 is 15.0 Å². The molecule has 0 aliphatic carbocycles. The van der Waals surface area contributed by atoms with Gasteiger partial charge in [-0.2, -0.15) is 0 Å². The molecule has 3 aromatic carbocycles. The average molecular weight is 580 g/mol. The number of hydrogen-bond acceptors (Lipinski definition) is 5. The summed E-state index contributed by atoms with van der Waals surface area (Å²) in [6.45, 7) is 10.1. The highest BCUT2D eigenvalue weighted by molar-refractivity contribution is 7.92. The number of rotatable bonds is 14. The van der Waals surface area contributed by atoms with Crippen LogP contribution in [0.15, 0.2) is 83.8 Å². The van der Waals surface area contributed by atoms with Crippen LogP contribution in [0, 0.1) is 12.8 Å². The molecule has 9 heteroatoms. The van der Waals surface area contributed by atoms with Crippen molar-refractivity contribution in [3.8, 4) is 5.75 Å². The van der Waals surface area contributed by atoms with Crippen molar-refractivity contribution in [1.82, 2.24) is 10.2 Å². The Morgan fingerprint density at radius 1 is 0.902 bits per heavy atom. The summed E-state index contributed by atoms with van der Waals surface area (Å²) in [5.41, 5.74) is 2.33. The Morgan fingerprint density at radius 2 is 1.54 bits per heavy atom. The number of carbonyl (C=O) groups is 2. The van der Waals surface area contributed by atoms with Gasteiger partial charge in [-0.05, 0) is 75.1 Å². The van der Waals surface area contributed by atoms with Crippen molar-refractivity contribution >= 4 is 27.5 Å². The second-order valence-corrected chi connectivity index (χ2v) is 12.3. The molecule has 0 bridgehead atoms. The van der Waals surface area contributed by atoms with Crippen molar-refractivity contribution in [2.75, 3.05) is 30.5 Å². The molecular weight excluding hydrogens is 538 g/mol. The zero-order chi connectivity index (χ0) is 30.0. The highest BCUT2D eigenvalue weighted by Gasteiger charge is 2.32. The fourth-order valence-corrected chi connectivity index (χ4v) is 5.68. The van der Waals surface area contributed by atoms with Gasteiger partial charge in [0.2, 0.25) is 11.8 Å². The highest BCUT2D eigenvalue weighted by Crippen LogP contribution is 2.26. The van der Waals surface area contributed by atoms with E-state index in [1.165, 1.54) is 17.0 Å². The molecular formula is C32H41N3O5S. The summed E-state index contributed by atoms with van der Waals surface area (Å²) in [6, 6.07) is 22.0. The van der Waals surface area contributed by atoms with Crippen LogP contribution in [0.2, 0.25) is 0 Å². The topological polar surface area (TPSA) is 96.0 Å². The Bertz CT molecular complexity index is 1380. The van der Waals surface area contributed by atoms with Gasteiger partial charge in [-0.15, -0.1) is 0 Å². The monoisotopic (exact) mass is 579 g/mol. The number of sulfonamides is 1. The number of amides is 2. The van der Waals surface area contributed by atoms with Gasteiger partial charge in [0.15, 0.2) is 0 Å². The number of nitrogens with one attached hydrogen (secondary N) is 1. The van der Waals surface area contributed by atoms with Gasteiger partial charge in [0.05, 0.1) is 17.2 Å². The highest BCUT2D eigenvalue weighted by atomic mass is 32.2. The quantitative estimate of drug-likeness (QED) is 0.295. The molecule has 0 heterocycles. The zero-order valence-corrected chi connectivity index (χ0v) is 25.4. The normalized spacial score (nSPS) is 12.0. The lowest BCUT2D eigenvalue weighted by Gasteiger charge is -2.32. The summed E-state index contributed by atoms with van der Waals surface area (Å²) in [6.07, 6.45) is 0.518. The van der Waals surface area contributed by atoms with Crippen LogP contribution in [0.1, 0.15) is 38.8 Å². The van der Waals surface area contributed by atoms with E-state index in [1.807, 2.05) is 58.0 Å². The van der Waals surface area contributed by atoms with Crippen molar-refractivity contribution in [2.24, 2.45) is 5.92 Å². The first-order valence-corrected chi connectivity index (χ1v) is 15.4. The van der Waals surface area contributed by atoms with E-state index < -0.39 is 28.5 Å². The van der Waals surface area contributed by atoms with Gasteiger partial charge in [0.25, 0.3) is 10.0 Å². The molecule has 41 heavy (non-hydrogen) atoms. The Balaban J connectivity index is 1.95. The predicted octanol–water partition coefficient (Wildman–Crippen LogP) is 4.82. The molecule has 1 unspecified atom stereocenters. The van der Waals surface area contributed by atoms with E-state index in [-0.39, 0.29) is 23.3 Å². The van der Waals surface area contributed by atoms with Crippen LogP contribution >= 0.6 is 0 Å². The molecule has 0 saturated heterocycles. The van der Waals surface area contributed by atoms with Crippen LogP contribution in [0.25, 0.3) is 0 Å². The van der Waals surface area contributed by atoms with Crippen molar-refractivity contribution in [3.63, 3.8) is 0 Å². The maximum Gasteiger partial charge on any atom is 0.264 e. The molecule has 0 aliphatic rings. The van der Waals surface area contributed by atoms with E-state index in [0.717, 1.165) is 15.4 Å². The maximum atomic E-state index is 13.9. The zero-order valence-electron chi connectivity index (χ0n) is 24.5. The smallest absolute Gasteiger partial charge is 0.264 e. The molecule has 220 valence electrons. The van der Waals surface area contributed by atoms with Crippen molar-refractivity contribution in [2.45, 2.75) is 52.0 Å². The van der Waals surface area contributed by atoms with E-state index in [1.54, 1.807) is 43.3 Å². The SMILES string of the molecule is CCOc1ccc(S(=O)(=O)N(CC(=O)N(CCc2ccccc2)C(C)C(=O)NCC(C)C)c2ccc(C)cc2)cc1. The van der Waals surface area contributed by atoms with E-state index >= 15 is 0 Å². The van der Waals surface area contributed by atoms with Gasteiger partial charge in [0, 0.05) is 13.1 Å². The molecule has 3 rings (SSSR count). The minimum atomic E-state index is -4.13. The van der Waals surface area contributed by atoms with Gasteiger partial charge in [0.1, 0.15) is 18.3 Å². The minimum Gasteiger partial charge on any atom is -0.494 e. The van der Waals surface area contributed by atoms with E-state index in [4.69, 9.17) is 4.74 Å². The summed E-state index contributed by atoms with van der Waals surface area (Å²) < 4.78 is 34.5. The van der Waals surface area contributed by atoms with Gasteiger partial charge in [-0.3, -0.25) is 13.9 Å². The third kappa shape index (κ3) is 8.82. The first-order chi connectivity index (χ1) is 19.5. The van der Waals surface area contributed by atoms with Crippen LogP contribution < -0.4 is 14.4 Å². The number of ether oxygens (including phenoxy) is 1. The predicted molar refractivity (Wildman–Crippen MR) is 162 cm³/mol. The largest absolute Gasteiger partial charge is 0.494 e. The van der Waals surface area contributed by atoms with E-state index in [2.05, 4.69) is 5.32 Å². The molecule has 0 fully saturated rings. The first kappa shape index (κ1) is 31.7. The summed E-state index contributed by atoms with van der Waals surface area (Å²) in [7, 11) is -4.13. The number of nitrogens with zero attached hydrogens (tertiary/aromatic N) is 2. The number of hydrogen-bond donors (Lipinski definition) is 1. The number of aryl methyl sites for hydroxylation is 1. The molecule has 0 aliphatic heterocycles. The lowest BCUT2D eigenvalue weighted by atomic mass is 10.1. The molecule has 2 amide bonds. The fraction of sp³-hybridized carbons (Fsp3) is 0.375. The van der Waals surface area contributed by atoms with Crippen LogP contribution in [-0.2, 0) is 26.0 Å². The van der Waals surface area contributed by atoms with Crippen molar-refractivity contribution < 1.29 is 22.7 Å². The van der Waals surface area contributed by atoms with Crippen LogP contribution in [-0.4, -0.2) is 57.4 Å². The minimum absolute atomic E-state index is 0.0351. The summed E-state index contributed by atoms with van der Waals surface area (Å²) in [4.78, 5) is 28.5. The lowest BCUT2D eigenvalue weighted by molar-refractivity contribution is -0.138. The van der Waals surface area contributed by atoms with Crippen molar-refractivity contribution in [3.05, 3.63) is 90.0 Å². The molecule has 0 aromatic heterocycles. The van der Waals surface area contributed by atoms with Gasteiger partial charge in [-0.1, -0.05) is 61.9 Å². The lowest BCUT2D eigenvalue weighted by Crippen LogP contribution is -2.52. The maximum absolute atomic E-state index is 13.9. The van der Waals surface area contributed by atoms with Crippen molar-refractivity contribution in [1.29, 1.82) is 0 Å². The number of anilines is 1. The summed E-state index contributed by atoms with van der Waals surface area (Å²) in [5, 5.41) is 2.90. The molecule has 1 N–H and O–H groups in total. The third-order valence-corrected chi connectivity index (χ3v) is 8.45. The standard InChI is InChI=1S/C32H41N3O5S/c1-6-40-29-16-18-30(19-17-29)41(38,39)35(28-14-12-25(4)13-15-28)23-31(36)34(21-20-27-10-8-7-9-11-27)26(5)32(37)33-22-24(2)3/h7-19,24,26H,6,20-23H2,1-5H3,(H,33,37). The first-order valence-electron chi connectivity index (χ1n) is 14.0. The van der Waals surface area contributed by atoms with E-state index in [9.17, 15) is 18.0 Å². The van der Waals surface area contributed by atoms with Gasteiger partial charge >= 0.3 is 0 Å². The third-order valence-electron chi connectivity index (χ3n) is 6.66. The number of carbonyl (C=O) groups excluding carboxylic acids is 2. The van der Waals surface area contributed by atoms with Crippen LogP contribution in [0.5, 0.6) is 5.75 Å². The molecule has 1 atom stereocenters. The fourth-order valence-electron chi connectivity index (χ4n) is 4.26. The molecule has 8 nitrogen and oxygen atoms in total. The average Bonchev–Trinajstić information content (AvgIpc) is 2.96.